The van der Waals surface area contributed by atoms with Crippen LogP contribution in [0.25, 0.3) is 10.9 Å². The van der Waals surface area contributed by atoms with Gasteiger partial charge in [0, 0.05) is 22.7 Å². The molecule has 0 aliphatic rings. The number of benzene rings is 2. The van der Waals surface area contributed by atoms with Crippen molar-refractivity contribution in [3.63, 3.8) is 0 Å². The summed E-state index contributed by atoms with van der Waals surface area (Å²) in [6.45, 7) is 0. The summed E-state index contributed by atoms with van der Waals surface area (Å²) in [5, 5.41) is 3.31. The summed E-state index contributed by atoms with van der Waals surface area (Å²) in [6, 6.07) is 16.1. The first-order chi connectivity index (χ1) is 11.6. The molecule has 0 radical (unpaired) electrons. The lowest BCUT2D eigenvalue weighted by atomic mass is 10.2. The molecule has 2 aromatic carbocycles. The molecule has 3 rings (SSSR count). The Bertz CT molecular complexity index is 905. The van der Waals surface area contributed by atoms with Gasteiger partial charge in [0.15, 0.2) is 5.11 Å². The fourth-order valence-corrected chi connectivity index (χ4v) is 2.38. The van der Waals surface area contributed by atoms with Gasteiger partial charge >= 0.3 is 0 Å². The number of carbonyl (C=O) groups excluding carboxylic acids is 2. The first kappa shape index (κ1) is 15.7. The summed E-state index contributed by atoms with van der Waals surface area (Å²) in [5.74, 6) is -0.710. The van der Waals surface area contributed by atoms with E-state index in [1.165, 1.54) is 0 Å². The van der Waals surface area contributed by atoms with Crippen LogP contribution >= 0.6 is 12.2 Å². The Labute approximate surface area is 143 Å². The van der Waals surface area contributed by atoms with Crippen LogP contribution in [-0.2, 0) is 0 Å². The van der Waals surface area contributed by atoms with Gasteiger partial charge in [-0.2, -0.15) is 0 Å². The molecule has 3 aromatic rings. The summed E-state index contributed by atoms with van der Waals surface area (Å²) in [5.41, 5.74) is 6.81. The van der Waals surface area contributed by atoms with Crippen LogP contribution in [0.5, 0.6) is 0 Å². The van der Waals surface area contributed by atoms with E-state index in [9.17, 15) is 9.59 Å². The number of aromatic amines is 1. The predicted molar refractivity (Wildman–Crippen MR) is 95.4 cm³/mol. The van der Waals surface area contributed by atoms with E-state index in [0.29, 0.717) is 11.1 Å². The largest absolute Gasteiger partial charge is 0.360 e. The second-order valence-electron chi connectivity index (χ2n) is 4.98. The van der Waals surface area contributed by atoms with E-state index in [1.807, 2.05) is 30.3 Å². The molecule has 24 heavy (non-hydrogen) atoms. The molecule has 0 saturated carbocycles. The average Bonchev–Trinajstić information content (AvgIpc) is 3.04. The van der Waals surface area contributed by atoms with E-state index in [1.54, 1.807) is 30.5 Å². The smallest absolute Gasteiger partial charge is 0.271 e. The molecule has 0 spiro atoms. The monoisotopic (exact) mass is 338 g/mol. The van der Waals surface area contributed by atoms with Crippen LogP contribution in [0.15, 0.2) is 60.8 Å². The van der Waals surface area contributed by atoms with Gasteiger partial charge in [-0.05, 0) is 30.4 Å². The molecule has 0 aliphatic heterocycles. The van der Waals surface area contributed by atoms with Crippen molar-refractivity contribution in [2.75, 3.05) is 0 Å². The van der Waals surface area contributed by atoms with E-state index in [4.69, 9.17) is 12.2 Å². The van der Waals surface area contributed by atoms with Crippen molar-refractivity contribution in [3.8, 4) is 0 Å². The lowest BCUT2D eigenvalue weighted by Crippen LogP contribution is -2.48. The molecule has 1 heterocycles. The van der Waals surface area contributed by atoms with E-state index >= 15 is 0 Å². The van der Waals surface area contributed by atoms with Gasteiger partial charge in [-0.1, -0.05) is 36.4 Å². The van der Waals surface area contributed by atoms with Gasteiger partial charge in [-0.15, -0.1) is 0 Å². The standard InChI is InChI=1S/C17H14N4O2S/c22-15(11-6-2-1-3-7-11)19-17(24)21-20-16(23)13-10-18-14-9-5-4-8-12(13)14/h1-10,18H,(H,20,23)(H2,19,21,22,24). The summed E-state index contributed by atoms with van der Waals surface area (Å²) in [6.07, 6.45) is 1.62. The van der Waals surface area contributed by atoms with Crippen molar-refractivity contribution in [2.45, 2.75) is 0 Å². The van der Waals surface area contributed by atoms with Crippen LogP contribution in [0, 0.1) is 0 Å². The highest BCUT2D eigenvalue weighted by molar-refractivity contribution is 7.80. The third-order valence-electron chi connectivity index (χ3n) is 3.39. The van der Waals surface area contributed by atoms with Crippen LogP contribution in [0.1, 0.15) is 20.7 Å². The lowest BCUT2D eigenvalue weighted by molar-refractivity contribution is 0.0936. The zero-order chi connectivity index (χ0) is 16.9. The molecule has 0 aliphatic carbocycles. The quantitative estimate of drug-likeness (QED) is 0.426. The van der Waals surface area contributed by atoms with Gasteiger partial charge in [0.2, 0.25) is 0 Å². The third kappa shape index (κ3) is 3.41. The molecule has 2 amide bonds. The SMILES string of the molecule is O=C(NC(=S)NNC(=O)c1c[nH]c2ccccc12)c1ccccc1. The Morgan fingerprint density at radius 2 is 1.58 bits per heavy atom. The second kappa shape index (κ2) is 6.93. The minimum atomic E-state index is -0.358. The van der Waals surface area contributed by atoms with Crippen molar-refractivity contribution < 1.29 is 9.59 Å². The molecule has 0 saturated heterocycles. The Balaban J connectivity index is 1.58. The van der Waals surface area contributed by atoms with E-state index in [2.05, 4.69) is 21.2 Å². The topological polar surface area (TPSA) is 86.0 Å². The Kier molecular flexibility index (Phi) is 4.53. The second-order valence-corrected chi connectivity index (χ2v) is 5.38. The molecule has 6 nitrogen and oxygen atoms in total. The summed E-state index contributed by atoms with van der Waals surface area (Å²) < 4.78 is 0. The minimum absolute atomic E-state index is 0.0112. The number of hydrogen-bond acceptors (Lipinski definition) is 3. The maximum absolute atomic E-state index is 12.2. The Hall–Kier alpha value is -3.19. The summed E-state index contributed by atoms with van der Waals surface area (Å²) in [7, 11) is 0. The predicted octanol–water partition coefficient (Wildman–Crippen LogP) is 2.12. The number of H-pyrrole nitrogens is 1. The van der Waals surface area contributed by atoms with Gasteiger partial charge in [-0.25, -0.2) is 0 Å². The van der Waals surface area contributed by atoms with E-state index in [0.717, 1.165) is 10.9 Å². The number of nitrogens with one attached hydrogen (secondary N) is 4. The fourth-order valence-electron chi connectivity index (χ4n) is 2.24. The molecule has 120 valence electrons. The number of fused-ring (bicyclic) bond motifs is 1. The first-order valence-electron chi connectivity index (χ1n) is 7.18. The van der Waals surface area contributed by atoms with E-state index in [-0.39, 0.29) is 16.9 Å². The summed E-state index contributed by atoms with van der Waals surface area (Å²) in [4.78, 5) is 27.2. The maximum atomic E-state index is 12.2. The van der Waals surface area contributed by atoms with Crippen molar-refractivity contribution >= 4 is 40.0 Å². The zero-order valence-corrected chi connectivity index (χ0v) is 13.3. The molecule has 0 unspecified atom stereocenters. The number of amides is 2. The molecule has 7 heteroatoms. The van der Waals surface area contributed by atoms with Crippen LogP contribution < -0.4 is 16.2 Å². The normalized spacial score (nSPS) is 10.2. The van der Waals surface area contributed by atoms with Crippen molar-refractivity contribution in [1.82, 2.24) is 21.2 Å². The number of hydrazine groups is 1. The van der Waals surface area contributed by atoms with Gasteiger partial charge in [0.25, 0.3) is 11.8 Å². The lowest BCUT2D eigenvalue weighted by Gasteiger charge is -2.10. The zero-order valence-electron chi connectivity index (χ0n) is 12.5. The van der Waals surface area contributed by atoms with Gasteiger partial charge in [-0.3, -0.25) is 25.8 Å². The summed E-state index contributed by atoms with van der Waals surface area (Å²) >= 11 is 5.01. The highest BCUT2D eigenvalue weighted by Crippen LogP contribution is 2.17. The van der Waals surface area contributed by atoms with Crippen LogP contribution in [-0.4, -0.2) is 21.9 Å². The van der Waals surface area contributed by atoms with Gasteiger partial charge in [0.1, 0.15) is 0 Å². The van der Waals surface area contributed by atoms with Crippen LogP contribution in [0.3, 0.4) is 0 Å². The number of thiocarbonyl (C=S) groups is 1. The minimum Gasteiger partial charge on any atom is -0.360 e. The molecule has 4 N–H and O–H groups in total. The number of carbonyl (C=O) groups is 2. The molecule has 0 atom stereocenters. The molecule has 1 aromatic heterocycles. The molecular formula is C17H14N4O2S. The van der Waals surface area contributed by atoms with Crippen molar-refractivity contribution in [2.24, 2.45) is 0 Å². The van der Waals surface area contributed by atoms with Crippen LogP contribution in [0.4, 0.5) is 0 Å². The molecule has 0 bridgehead atoms. The Morgan fingerprint density at radius 1 is 0.875 bits per heavy atom. The van der Waals surface area contributed by atoms with Gasteiger partial charge in [0.05, 0.1) is 5.56 Å². The highest BCUT2D eigenvalue weighted by atomic mass is 32.1. The fraction of sp³-hybridized carbons (Fsp3) is 0. The van der Waals surface area contributed by atoms with Crippen molar-refractivity contribution in [3.05, 3.63) is 71.9 Å². The van der Waals surface area contributed by atoms with Crippen LogP contribution in [0.2, 0.25) is 0 Å². The highest BCUT2D eigenvalue weighted by Gasteiger charge is 2.12. The molecular weight excluding hydrogens is 324 g/mol. The number of hydrogen-bond donors (Lipinski definition) is 4. The molecule has 0 fully saturated rings. The number of para-hydroxylation sites is 1. The number of rotatable bonds is 2. The van der Waals surface area contributed by atoms with Gasteiger partial charge < -0.3 is 4.98 Å². The first-order valence-corrected chi connectivity index (χ1v) is 7.59. The Morgan fingerprint density at radius 3 is 2.38 bits per heavy atom. The van der Waals surface area contributed by atoms with Crippen molar-refractivity contribution in [1.29, 1.82) is 0 Å². The number of aromatic nitrogens is 1. The third-order valence-corrected chi connectivity index (χ3v) is 3.59. The maximum Gasteiger partial charge on any atom is 0.271 e. The van der Waals surface area contributed by atoms with E-state index < -0.39 is 0 Å². The average molecular weight is 338 g/mol.